The van der Waals surface area contributed by atoms with Crippen LogP contribution in [0.15, 0.2) is 0 Å². The molecule has 1 fully saturated rings. The van der Waals surface area contributed by atoms with E-state index in [0.717, 1.165) is 12.8 Å². The fraction of sp³-hybridized carbons (Fsp3) is 1.00. The Hall–Kier alpha value is -0.170. The largest absolute Gasteiger partial charge is 0.305 e. The van der Waals surface area contributed by atoms with Gasteiger partial charge in [-0.15, -0.1) is 0 Å². The van der Waals surface area contributed by atoms with Crippen LogP contribution in [0.5, 0.6) is 0 Å². The summed E-state index contributed by atoms with van der Waals surface area (Å²) < 4.78 is 24.1. The average Bonchev–Trinajstić information content (AvgIpc) is 2.14. The molecule has 0 aromatic carbocycles. The number of piperidine rings is 1. The molecule has 1 atom stereocenters. The molecular formula is C8H18N2O3S. The Bertz CT molecular complexity index is 266. The molecule has 14 heavy (non-hydrogen) atoms. The summed E-state index contributed by atoms with van der Waals surface area (Å²) >= 11 is 0. The van der Waals surface area contributed by atoms with E-state index in [2.05, 4.69) is 5.48 Å². The van der Waals surface area contributed by atoms with E-state index in [-0.39, 0.29) is 0 Å². The highest BCUT2D eigenvalue weighted by atomic mass is 32.2. The Morgan fingerprint density at radius 1 is 1.57 bits per heavy atom. The van der Waals surface area contributed by atoms with E-state index < -0.39 is 10.0 Å². The molecule has 0 aromatic rings. The average molecular weight is 222 g/mol. The van der Waals surface area contributed by atoms with Gasteiger partial charge in [-0.25, -0.2) is 18.2 Å². The molecule has 1 aliphatic heterocycles. The van der Waals surface area contributed by atoms with Crippen LogP contribution in [0, 0.1) is 5.92 Å². The molecule has 1 saturated heterocycles. The molecule has 0 radical (unpaired) electrons. The Balaban J connectivity index is 2.44. The van der Waals surface area contributed by atoms with E-state index in [4.69, 9.17) is 4.84 Å². The summed E-state index contributed by atoms with van der Waals surface area (Å²) in [6.45, 7) is 1.97. The summed E-state index contributed by atoms with van der Waals surface area (Å²) in [4.78, 5) is 4.75. The maximum Gasteiger partial charge on any atom is 0.211 e. The number of rotatable bonds is 4. The fourth-order valence-electron chi connectivity index (χ4n) is 1.70. The van der Waals surface area contributed by atoms with Gasteiger partial charge in [0.2, 0.25) is 10.0 Å². The third kappa shape index (κ3) is 3.53. The first-order valence-electron chi connectivity index (χ1n) is 4.75. The zero-order valence-electron chi connectivity index (χ0n) is 8.69. The summed E-state index contributed by atoms with van der Waals surface area (Å²) in [6.07, 6.45) is 3.25. The second kappa shape index (κ2) is 5.06. The summed E-state index contributed by atoms with van der Waals surface area (Å²) in [7, 11) is -1.45. The van der Waals surface area contributed by atoms with Gasteiger partial charge in [0, 0.05) is 19.6 Å². The van der Waals surface area contributed by atoms with Crippen molar-refractivity contribution in [1.29, 1.82) is 0 Å². The molecule has 0 bridgehead atoms. The molecule has 1 rings (SSSR count). The number of hydrogen-bond donors (Lipinski definition) is 1. The van der Waals surface area contributed by atoms with Crippen molar-refractivity contribution >= 4 is 10.0 Å². The highest BCUT2D eigenvalue weighted by Gasteiger charge is 2.25. The molecule has 6 heteroatoms. The minimum absolute atomic E-state index is 0.360. The van der Waals surface area contributed by atoms with Crippen LogP contribution in [0.3, 0.4) is 0 Å². The smallest absolute Gasteiger partial charge is 0.211 e. The molecule has 1 heterocycles. The molecule has 1 N–H and O–H groups in total. The van der Waals surface area contributed by atoms with Crippen LogP contribution in [-0.2, 0) is 14.9 Å². The summed E-state index contributed by atoms with van der Waals surface area (Å²) in [5.41, 5.74) is 2.77. The molecular weight excluding hydrogens is 204 g/mol. The summed E-state index contributed by atoms with van der Waals surface area (Å²) in [5.74, 6) is 0.360. The van der Waals surface area contributed by atoms with Gasteiger partial charge in [0.1, 0.15) is 0 Å². The SMILES string of the molecule is CONCC1CCCN(S(C)(=O)=O)C1. The fourth-order valence-corrected chi connectivity index (χ4v) is 2.64. The van der Waals surface area contributed by atoms with Gasteiger partial charge in [-0.05, 0) is 18.8 Å². The van der Waals surface area contributed by atoms with Gasteiger partial charge in [0.25, 0.3) is 0 Å². The van der Waals surface area contributed by atoms with Crippen molar-refractivity contribution in [3.63, 3.8) is 0 Å². The molecule has 1 unspecified atom stereocenters. The maximum atomic E-state index is 11.3. The van der Waals surface area contributed by atoms with Crippen LogP contribution in [0.25, 0.3) is 0 Å². The van der Waals surface area contributed by atoms with Crippen LogP contribution in [0.1, 0.15) is 12.8 Å². The van der Waals surface area contributed by atoms with Crippen molar-refractivity contribution in [2.24, 2.45) is 5.92 Å². The predicted octanol–water partition coefficient (Wildman–Crippen LogP) is -0.191. The number of nitrogens with zero attached hydrogens (tertiary/aromatic N) is 1. The number of hydroxylamine groups is 1. The lowest BCUT2D eigenvalue weighted by Crippen LogP contribution is -2.42. The van der Waals surface area contributed by atoms with Gasteiger partial charge in [-0.3, -0.25) is 0 Å². The Labute approximate surface area is 85.4 Å². The van der Waals surface area contributed by atoms with Crippen LogP contribution in [-0.4, -0.2) is 45.7 Å². The van der Waals surface area contributed by atoms with Crippen LogP contribution in [0.4, 0.5) is 0 Å². The van der Waals surface area contributed by atoms with Crippen molar-refractivity contribution in [2.45, 2.75) is 12.8 Å². The normalized spacial score (nSPS) is 25.1. The highest BCUT2D eigenvalue weighted by Crippen LogP contribution is 2.17. The maximum absolute atomic E-state index is 11.3. The second-order valence-electron chi connectivity index (χ2n) is 3.68. The van der Waals surface area contributed by atoms with E-state index in [0.29, 0.717) is 25.6 Å². The lowest BCUT2D eigenvalue weighted by atomic mass is 10.0. The standard InChI is InChI=1S/C8H18N2O3S/c1-13-9-6-8-4-3-5-10(7-8)14(2,11)12/h8-9H,3-7H2,1-2H3. The Morgan fingerprint density at radius 2 is 2.29 bits per heavy atom. The zero-order valence-corrected chi connectivity index (χ0v) is 9.51. The van der Waals surface area contributed by atoms with E-state index in [1.165, 1.54) is 6.26 Å². The van der Waals surface area contributed by atoms with E-state index >= 15 is 0 Å². The predicted molar refractivity (Wildman–Crippen MR) is 54.2 cm³/mol. The van der Waals surface area contributed by atoms with Crippen molar-refractivity contribution in [3.8, 4) is 0 Å². The van der Waals surface area contributed by atoms with Crippen LogP contribution < -0.4 is 5.48 Å². The van der Waals surface area contributed by atoms with Crippen LogP contribution >= 0.6 is 0 Å². The number of sulfonamides is 1. The van der Waals surface area contributed by atoms with Crippen molar-refractivity contribution in [1.82, 2.24) is 9.79 Å². The highest BCUT2D eigenvalue weighted by molar-refractivity contribution is 7.88. The van der Waals surface area contributed by atoms with Crippen molar-refractivity contribution in [3.05, 3.63) is 0 Å². The monoisotopic (exact) mass is 222 g/mol. The lowest BCUT2D eigenvalue weighted by molar-refractivity contribution is 0.0714. The number of hydrogen-bond acceptors (Lipinski definition) is 4. The Morgan fingerprint density at radius 3 is 2.86 bits per heavy atom. The molecule has 0 saturated carbocycles. The molecule has 0 spiro atoms. The van der Waals surface area contributed by atoms with E-state index in [9.17, 15) is 8.42 Å². The number of nitrogens with one attached hydrogen (secondary N) is 1. The summed E-state index contributed by atoms with van der Waals surface area (Å²) in [6, 6.07) is 0. The first kappa shape index (κ1) is 11.9. The van der Waals surface area contributed by atoms with Gasteiger partial charge in [-0.2, -0.15) is 0 Å². The molecule has 0 amide bonds. The van der Waals surface area contributed by atoms with Crippen molar-refractivity contribution < 1.29 is 13.3 Å². The first-order valence-corrected chi connectivity index (χ1v) is 6.60. The summed E-state index contributed by atoms with van der Waals surface area (Å²) in [5, 5.41) is 0. The van der Waals surface area contributed by atoms with Gasteiger partial charge in [-0.1, -0.05) is 0 Å². The van der Waals surface area contributed by atoms with Crippen molar-refractivity contribution in [2.75, 3.05) is 33.0 Å². The molecule has 0 aliphatic carbocycles. The van der Waals surface area contributed by atoms with Gasteiger partial charge >= 0.3 is 0 Å². The quantitative estimate of drug-likeness (QED) is 0.670. The van der Waals surface area contributed by atoms with Gasteiger partial charge in [0.15, 0.2) is 0 Å². The Kier molecular flexibility index (Phi) is 4.31. The molecule has 84 valence electrons. The molecule has 5 nitrogen and oxygen atoms in total. The van der Waals surface area contributed by atoms with Gasteiger partial charge < -0.3 is 4.84 Å². The zero-order chi connectivity index (χ0) is 10.6. The molecule has 1 aliphatic rings. The topological polar surface area (TPSA) is 58.6 Å². The second-order valence-corrected chi connectivity index (χ2v) is 5.66. The molecule has 0 aromatic heterocycles. The van der Waals surface area contributed by atoms with Crippen LogP contribution in [0.2, 0.25) is 0 Å². The lowest BCUT2D eigenvalue weighted by Gasteiger charge is -2.30. The minimum Gasteiger partial charge on any atom is -0.305 e. The third-order valence-corrected chi connectivity index (χ3v) is 3.74. The van der Waals surface area contributed by atoms with E-state index in [1.807, 2.05) is 0 Å². The van der Waals surface area contributed by atoms with E-state index in [1.54, 1.807) is 11.4 Å². The third-order valence-electron chi connectivity index (χ3n) is 2.47. The van der Waals surface area contributed by atoms with Gasteiger partial charge in [0.05, 0.1) is 13.4 Å². The minimum atomic E-state index is -3.02. The first-order chi connectivity index (χ1) is 6.54.